The molecule has 2 N–H and O–H groups in total. The van der Waals surface area contributed by atoms with Crippen molar-refractivity contribution >= 4 is 22.9 Å². The van der Waals surface area contributed by atoms with Crippen molar-refractivity contribution in [3.8, 4) is 5.75 Å². The van der Waals surface area contributed by atoms with Crippen LogP contribution < -0.4 is 15.0 Å². The fraction of sp³-hybridized carbons (Fsp3) is 0.450. The van der Waals surface area contributed by atoms with E-state index in [2.05, 4.69) is 16.8 Å². The van der Waals surface area contributed by atoms with Gasteiger partial charge in [0.25, 0.3) is 5.91 Å². The van der Waals surface area contributed by atoms with Gasteiger partial charge in [0.1, 0.15) is 11.8 Å². The Balaban J connectivity index is 1.46. The second kappa shape index (κ2) is 7.18. The molecule has 0 saturated heterocycles. The second-order valence-corrected chi connectivity index (χ2v) is 7.93. The van der Waals surface area contributed by atoms with E-state index in [1.54, 1.807) is 0 Å². The van der Waals surface area contributed by atoms with Gasteiger partial charge in [0.15, 0.2) is 6.54 Å². The van der Waals surface area contributed by atoms with Gasteiger partial charge in [-0.1, -0.05) is 12.1 Å². The number of hydrogen-bond acceptors (Lipinski definition) is 3. The Hall–Kier alpha value is -1.85. The van der Waals surface area contributed by atoms with Gasteiger partial charge in [-0.3, -0.25) is 4.79 Å². The largest absolute Gasteiger partial charge is 0.492 e. The maximum absolute atomic E-state index is 12.7. The molecule has 2 aliphatic rings. The van der Waals surface area contributed by atoms with Crippen LogP contribution in [0, 0.1) is 5.92 Å². The minimum atomic E-state index is 0.0754. The number of carbonyl (C=O) groups excluding carboxylic acids is 1. The van der Waals surface area contributed by atoms with Crippen molar-refractivity contribution in [1.29, 1.82) is 0 Å². The van der Waals surface area contributed by atoms with Crippen molar-refractivity contribution in [2.24, 2.45) is 5.92 Å². The van der Waals surface area contributed by atoms with E-state index in [1.807, 2.05) is 42.5 Å². The number of para-hydroxylation sites is 2. The molecule has 1 aliphatic carbocycles. The van der Waals surface area contributed by atoms with Gasteiger partial charge in [-0.2, -0.15) is 0 Å². The minimum absolute atomic E-state index is 0.0754. The van der Waals surface area contributed by atoms with Gasteiger partial charge in [0, 0.05) is 22.8 Å². The quantitative estimate of drug-likeness (QED) is 0.835. The molecular weight excluding hydrogens is 332 g/mol. The van der Waals surface area contributed by atoms with Crippen LogP contribution in [0.15, 0.2) is 35.7 Å². The smallest absolute Gasteiger partial charge is 0.279 e. The summed E-state index contributed by atoms with van der Waals surface area (Å²) in [7, 11) is 0. The summed E-state index contributed by atoms with van der Waals surface area (Å²) in [5.74, 6) is 1.57. The van der Waals surface area contributed by atoms with Crippen molar-refractivity contribution in [3.05, 3.63) is 46.2 Å². The molecule has 1 amide bonds. The molecule has 1 aromatic heterocycles. The van der Waals surface area contributed by atoms with Gasteiger partial charge in [-0.05, 0) is 43.3 Å². The Morgan fingerprint density at radius 1 is 1.32 bits per heavy atom. The minimum Gasteiger partial charge on any atom is -0.492 e. The van der Waals surface area contributed by atoms with E-state index >= 15 is 0 Å². The lowest BCUT2D eigenvalue weighted by molar-refractivity contribution is -0.928. The van der Waals surface area contributed by atoms with Crippen molar-refractivity contribution < 1.29 is 14.4 Å². The summed E-state index contributed by atoms with van der Waals surface area (Å²) in [6.45, 7) is 4.12. The lowest BCUT2D eigenvalue weighted by atomic mass is 9.96. The molecular formula is C20H25N2O2S+. The van der Waals surface area contributed by atoms with Gasteiger partial charge in [0.05, 0.1) is 18.8 Å². The monoisotopic (exact) mass is 357 g/mol. The zero-order valence-corrected chi connectivity index (χ0v) is 15.4. The standard InChI is InChI=1S/C20H24N2O2S/c1-2-24-17-6-4-3-5-16(17)21-19(23)13-22-11-9-18-15(10-12-25-18)20(22)14-7-8-14/h3-6,10,12,14,20H,2,7-9,11,13H2,1H3,(H,21,23)/p+1/t20-/m1/s1. The van der Waals surface area contributed by atoms with Crippen molar-refractivity contribution in [1.82, 2.24) is 0 Å². The van der Waals surface area contributed by atoms with Crippen molar-refractivity contribution in [3.63, 3.8) is 0 Å². The zero-order valence-electron chi connectivity index (χ0n) is 14.6. The SMILES string of the molecule is CCOc1ccccc1NC(=O)C[NH+]1CCc2sccc2[C@H]1C1CC1. The molecule has 1 aromatic carbocycles. The Morgan fingerprint density at radius 2 is 2.16 bits per heavy atom. The highest BCUT2D eigenvalue weighted by molar-refractivity contribution is 7.10. The molecule has 1 saturated carbocycles. The number of quaternary nitrogens is 1. The first-order valence-electron chi connectivity index (χ1n) is 9.18. The van der Waals surface area contributed by atoms with Crippen molar-refractivity contribution in [2.45, 2.75) is 32.2 Å². The highest BCUT2D eigenvalue weighted by Crippen LogP contribution is 2.42. The first-order valence-corrected chi connectivity index (χ1v) is 10.1. The van der Waals surface area contributed by atoms with Crippen LogP contribution in [0.5, 0.6) is 5.75 Å². The molecule has 0 bridgehead atoms. The number of benzene rings is 1. The number of anilines is 1. The van der Waals surface area contributed by atoms with Crippen molar-refractivity contribution in [2.75, 3.05) is 25.0 Å². The third-order valence-electron chi connectivity index (χ3n) is 5.17. The number of ether oxygens (including phenoxy) is 1. The van der Waals surface area contributed by atoms with E-state index in [0.29, 0.717) is 19.2 Å². The van der Waals surface area contributed by atoms with E-state index in [4.69, 9.17) is 4.74 Å². The maximum atomic E-state index is 12.7. The van der Waals surface area contributed by atoms with Crippen LogP contribution in [0.25, 0.3) is 0 Å². The number of nitrogens with one attached hydrogen (secondary N) is 2. The predicted octanol–water partition coefficient (Wildman–Crippen LogP) is 2.68. The molecule has 25 heavy (non-hydrogen) atoms. The summed E-state index contributed by atoms with van der Waals surface area (Å²) < 4.78 is 5.61. The molecule has 1 fully saturated rings. The maximum Gasteiger partial charge on any atom is 0.279 e. The van der Waals surface area contributed by atoms with Gasteiger partial charge >= 0.3 is 0 Å². The Labute approximate surface area is 152 Å². The number of amides is 1. The average molecular weight is 357 g/mol. The molecule has 2 aromatic rings. The van der Waals surface area contributed by atoms with Crippen LogP contribution in [0.2, 0.25) is 0 Å². The number of thiophene rings is 1. The van der Waals surface area contributed by atoms with E-state index in [0.717, 1.165) is 30.3 Å². The van der Waals surface area contributed by atoms with E-state index in [9.17, 15) is 4.79 Å². The van der Waals surface area contributed by atoms with Gasteiger partial charge in [-0.15, -0.1) is 11.3 Å². The fourth-order valence-corrected chi connectivity index (χ4v) is 4.88. The van der Waals surface area contributed by atoms with Crippen LogP contribution in [-0.2, 0) is 11.2 Å². The van der Waals surface area contributed by atoms with Gasteiger partial charge in [0.2, 0.25) is 0 Å². The van der Waals surface area contributed by atoms with Crippen LogP contribution in [0.3, 0.4) is 0 Å². The highest BCUT2D eigenvalue weighted by Gasteiger charge is 2.43. The number of carbonyl (C=O) groups is 1. The summed E-state index contributed by atoms with van der Waals surface area (Å²) in [5.41, 5.74) is 2.27. The Kier molecular flexibility index (Phi) is 4.77. The van der Waals surface area contributed by atoms with Crippen LogP contribution in [0.1, 0.15) is 36.2 Å². The molecule has 1 aliphatic heterocycles. The van der Waals surface area contributed by atoms with Gasteiger partial charge < -0.3 is 15.0 Å². The normalized spacial score (nSPS) is 22.3. The molecule has 0 spiro atoms. The summed E-state index contributed by atoms with van der Waals surface area (Å²) in [6, 6.07) is 10.4. The average Bonchev–Trinajstić information content (AvgIpc) is 3.33. The van der Waals surface area contributed by atoms with E-state index in [1.165, 1.54) is 28.2 Å². The Bertz CT molecular complexity index is 754. The summed E-state index contributed by atoms with van der Waals surface area (Å²) in [5, 5.41) is 5.27. The van der Waals surface area contributed by atoms with E-state index in [-0.39, 0.29) is 5.91 Å². The Morgan fingerprint density at radius 3 is 2.96 bits per heavy atom. The van der Waals surface area contributed by atoms with Crippen LogP contribution in [0.4, 0.5) is 5.69 Å². The number of rotatable bonds is 6. The van der Waals surface area contributed by atoms with Crippen LogP contribution >= 0.6 is 11.3 Å². The lowest BCUT2D eigenvalue weighted by Gasteiger charge is -2.32. The zero-order chi connectivity index (χ0) is 17.2. The highest BCUT2D eigenvalue weighted by atomic mass is 32.1. The summed E-state index contributed by atoms with van der Waals surface area (Å²) >= 11 is 1.87. The second-order valence-electron chi connectivity index (χ2n) is 6.93. The summed E-state index contributed by atoms with van der Waals surface area (Å²) in [4.78, 5) is 15.6. The van der Waals surface area contributed by atoms with Crippen LogP contribution in [-0.4, -0.2) is 25.6 Å². The molecule has 4 rings (SSSR count). The first-order chi connectivity index (χ1) is 12.3. The molecule has 1 unspecified atom stereocenters. The molecule has 2 atom stereocenters. The number of fused-ring (bicyclic) bond motifs is 1. The first kappa shape index (κ1) is 16.6. The summed E-state index contributed by atoms with van der Waals surface area (Å²) in [6.07, 6.45) is 3.70. The van der Waals surface area contributed by atoms with Gasteiger partial charge in [-0.25, -0.2) is 0 Å². The third-order valence-corrected chi connectivity index (χ3v) is 6.17. The predicted molar refractivity (Wildman–Crippen MR) is 100 cm³/mol. The molecule has 0 radical (unpaired) electrons. The third kappa shape index (κ3) is 3.58. The molecule has 4 nitrogen and oxygen atoms in total. The molecule has 132 valence electrons. The molecule has 2 heterocycles. The topological polar surface area (TPSA) is 42.8 Å². The lowest BCUT2D eigenvalue weighted by Crippen LogP contribution is -3.14. The van der Waals surface area contributed by atoms with E-state index < -0.39 is 0 Å². The fourth-order valence-electron chi connectivity index (χ4n) is 3.95. The number of hydrogen-bond donors (Lipinski definition) is 2. The molecule has 5 heteroatoms.